The number of hydrogen-bond acceptors (Lipinski definition) is 4. The second kappa shape index (κ2) is 7.34. The van der Waals surface area contributed by atoms with Crippen LogP contribution in [0, 0.1) is 5.82 Å². The number of halogens is 1. The van der Waals surface area contributed by atoms with E-state index in [1.165, 1.54) is 24.3 Å². The molecular formula is C21H19FN2O4. The van der Waals surface area contributed by atoms with Gasteiger partial charge in [-0.05, 0) is 36.4 Å². The number of furan rings is 1. The highest BCUT2D eigenvalue weighted by Crippen LogP contribution is 2.29. The van der Waals surface area contributed by atoms with Crippen LogP contribution in [-0.2, 0) is 0 Å². The van der Waals surface area contributed by atoms with Gasteiger partial charge in [-0.25, -0.2) is 4.39 Å². The van der Waals surface area contributed by atoms with Crippen LogP contribution in [-0.4, -0.2) is 54.9 Å². The molecule has 0 spiro atoms. The smallest absolute Gasteiger partial charge is 0.289 e. The number of piperazine rings is 1. The molecule has 144 valence electrons. The first-order valence-electron chi connectivity index (χ1n) is 8.97. The SMILES string of the molecule is COc1cccc2cc(C(=O)N3CCN(C(=O)c4ccc(F)cc4)CC3)oc12. The molecular weight excluding hydrogens is 363 g/mol. The zero-order valence-corrected chi connectivity index (χ0v) is 15.4. The van der Waals surface area contributed by atoms with Crippen LogP contribution in [0.5, 0.6) is 5.75 Å². The maximum atomic E-state index is 13.0. The fourth-order valence-corrected chi connectivity index (χ4v) is 3.35. The van der Waals surface area contributed by atoms with Gasteiger partial charge in [0.05, 0.1) is 7.11 Å². The summed E-state index contributed by atoms with van der Waals surface area (Å²) in [5.74, 6) is 0.0613. The molecule has 1 fully saturated rings. The van der Waals surface area contributed by atoms with Crippen molar-refractivity contribution in [1.82, 2.24) is 9.80 Å². The number of rotatable bonds is 3. The second-order valence-electron chi connectivity index (χ2n) is 6.58. The van der Waals surface area contributed by atoms with Gasteiger partial charge in [-0.15, -0.1) is 0 Å². The highest BCUT2D eigenvalue weighted by molar-refractivity contribution is 5.98. The molecule has 0 saturated carbocycles. The van der Waals surface area contributed by atoms with E-state index in [0.717, 1.165) is 5.39 Å². The molecule has 7 heteroatoms. The van der Waals surface area contributed by atoms with Crippen LogP contribution in [0.1, 0.15) is 20.9 Å². The summed E-state index contributed by atoms with van der Waals surface area (Å²) >= 11 is 0. The Bertz CT molecular complexity index is 1020. The number of fused-ring (bicyclic) bond motifs is 1. The molecule has 1 aromatic heterocycles. The first-order chi connectivity index (χ1) is 13.6. The van der Waals surface area contributed by atoms with Crippen LogP contribution in [0.3, 0.4) is 0 Å². The zero-order valence-electron chi connectivity index (χ0n) is 15.4. The van der Waals surface area contributed by atoms with Gasteiger partial charge < -0.3 is 19.0 Å². The molecule has 2 aromatic carbocycles. The molecule has 1 saturated heterocycles. The molecule has 0 radical (unpaired) electrons. The second-order valence-corrected chi connectivity index (χ2v) is 6.58. The fraction of sp³-hybridized carbons (Fsp3) is 0.238. The minimum atomic E-state index is -0.380. The number of carbonyl (C=O) groups is 2. The number of benzene rings is 2. The van der Waals surface area contributed by atoms with Gasteiger partial charge in [-0.3, -0.25) is 9.59 Å². The van der Waals surface area contributed by atoms with Crippen molar-refractivity contribution < 1.29 is 23.1 Å². The van der Waals surface area contributed by atoms with E-state index in [1.807, 2.05) is 12.1 Å². The van der Waals surface area contributed by atoms with E-state index in [0.29, 0.717) is 43.1 Å². The van der Waals surface area contributed by atoms with Gasteiger partial charge >= 0.3 is 0 Å². The van der Waals surface area contributed by atoms with Crippen LogP contribution in [0.25, 0.3) is 11.0 Å². The third kappa shape index (κ3) is 3.31. The van der Waals surface area contributed by atoms with Gasteiger partial charge in [0.1, 0.15) is 5.82 Å². The lowest BCUT2D eigenvalue weighted by molar-refractivity contribution is 0.0519. The molecule has 4 rings (SSSR count). The van der Waals surface area contributed by atoms with E-state index < -0.39 is 0 Å². The van der Waals surface area contributed by atoms with Crippen molar-refractivity contribution in [1.29, 1.82) is 0 Å². The van der Waals surface area contributed by atoms with E-state index in [9.17, 15) is 14.0 Å². The van der Waals surface area contributed by atoms with Crippen molar-refractivity contribution in [3.05, 3.63) is 65.7 Å². The standard InChI is InChI=1S/C21H19FN2O4/c1-27-17-4-2-3-15-13-18(28-19(15)17)21(26)24-11-9-23(10-12-24)20(25)14-5-7-16(22)8-6-14/h2-8,13H,9-12H2,1H3. The number of hydrogen-bond donors (Lipinski definition) is 0. The first kappa shape index (κ1) is 18.0. The molecule has 1 aliphatic rings. The van der Waals surface area contributed by atoms with Crippen LogP contribution in [0.15, 0.2) is 52.9 Å². The summed E-state index contributed by atoms with van der Waals surface area (Å²) in [4.78, 5) is 28.6. The average molecular weight is 382 g/mol. The van der Waals surface area contributed by atoms with E-state index >= 15 is 0 Å². The van der Waals surface area contributed by atoms with Gasteiger partial charge in [-0.2, -0.15) is 0 Å². The normalized spacial score (nSPS) is 14.4. The Hall–Kier alpha value is -3.35. The minimum absolute atomic E-state index is 0.166. The summed E-state index contributed by atoms with van der Waals surface area (Å²) in [6, 6.07) is 12.7. The Balaban J connectivity index is 1.44. The van der Waals surface area contributed by atoms with E-state index in [-0.39, 0.29) is 23.4 Å². The summed E-state index contributed by atoms with van der Waals surface area (Å²) in [6.07, 6.45) is 0. The van der Waals surface area contributed by atoms with Crippen LogP contribution in [0.2, 0.25) is 0 Å². The average Bonchev–Trinajstić information content (AvgIpc) is 3.18. The Morgan fingerprint density at radius 1 is 0.964 bits per heavy atom. The number of amides is 2. The van der Waals surface area contributed by atoms with Crippen molar-refractivity contribution in [3.63, 3.8) is 0 Å². The molecule has 1 aliphatic heterocycles. The lowest BCUT2D eigenvalue weighted by atomic mass is 10.1. The lowest BCUT2D eigenvalue weighted by Gasteiger charge is -2.34. The van der Waals surface area contributed by atoms with Crippen LogP contribution < -0.4 is 4.74 Å². The van der Waals surface area contributed by atoms with Gasteiger partial charge in [0.2, 0.25) is 0 Å². The molecule has 0 bridgehead atoms. The molecule has 0 atom stereocenters. The molecule has 2 heterocycles. The minimum Gasteiger partial charge on any atom is -0.493 e. The highest BCUT2D eigenvalue weighted by atomic mass is 19.1. The monoisotopic (exact) mass is 382 g/mol. The maximum absolute atomic E-state index is 13.0. The van der Waals surface area contributed by atoms with Crippen LogP contribution >= 0.6 is 0 Å². The van der Waals surface area contributed by atoms with Gasteiger partial charge in [-0.1, -0.05) is 12.1 Å². The number of para-hydroxylation sites is 1. The summed E-state index contributed by atoms with van der Waals surface area (Å²) < 4.78 is 24.0. The molecule has 3 aromatic rings. The topological polar surface area (TPSA) is 63.0 Å². The number of ether oxygens (including phenoxy) is 1. The van der Waals surface area contributed by atoms with Gasteiger partial charge in [0.15, 0.2) is 17.1 Å². The largest absolute Gasteiger partial charge is 0.493 e. The summed E-state index contributed by atoms with van der Waals surface area (Å²) in [5, 5.41) is 0.799. The Morgan fingerprint density at radius 3 is 2.25 bits per heavy atom. The van der Waals surface area contributed by atoms with E-state index in [2.05, 4.69) is 0 Å². The first-order valence-corrected chi connectivity index (χ1v) is 8.97. The molecule has 0 N–H and O–H groups in total. The highest BCUT2D eigenvalue weighted by Gasteiger charge is 2.27. The quantitative estimate of drug-likeness (QED) is 0.698. The molecule has 0 unspecified atom stereocenters. The summed E-state index contributed by atoms with van der Waals surface area (Å²) in [6.45, 7) is 1.62. The van der Waals surface area contributed by atoms with Crippen LogP contribution in [0.4, 0.5) is 4.39 Å². The Morgan fingerprint density at radius 2 is 1.61 bits per heavy atom. The Labute approximate surface area is 161 Å². The van der Waals surface area contributed by atoms with Crippen molar-refractivity contribution in [2.75, 3.05) is 33.3 Å². The molecule has 6 nitrogen and oxygen atoms in total. The van der Waals surface area contributed by atoms with Gasteiger partial charge in [0, 0.05) is 37.1 Å². The Kier molecular flexibility index (Phi) is 4.73. The van der Waals surface area contributed by atoms with Gasteiger partial charge in [0.25, 0.3) is 11.8 Å². The maximum Gasteiger partial charge on any atom is 0.289 e. The predicted octanol–water partition coefficient (Wildman–Crippen LogP) is 3.18. The van der Waals surface area contributed by atoms with E-state index in [4.69, 9.17) is 9.15 Å². The number of carbonyl (C=O) groups excluding carboxylic acids is 2. The van der Waals surface area contributed by atoms with Crippen molar-refractivity contribution in [3.8, 4) is 5.75 Å². The van der Waals surface area contributed by atoms with Crippen molar-refractivity contribution >= 4 is 22.8 Å². The van der Waals surface area contributed by atoms with E-state index in [1.54, 1.807) is 29.0 Å². The lowest BCUT2D eigenvalue weighted by Crippen LogP contribution is -2.50. The number of nitrogens with zero attached hydrogens (tertiary/aromatic N) is 2. The molecule has 28 heavy (non-hydrogen) atoms. The zero-order chi connectivity index (χ0) is 19.7. The third-order valence-electron chi connectivity index (χ3n) is 4.88. The fourth-order valence-electron chi connectivity index (χ4n) is 3.35. The molecule has 2 amide bonds. The number of methoxy groups -OCH3 is 1. The van der Waals surface area contributed by atoms with Crippen molar-refractivity contribution in [2.45, 2.75) is 0 Å². The molecule has 0 aliphatic carbocycles. The van der Waals surface area contributed by atoms with Crippen molar-refractivity contribution in [2.24, 2.45) is 0 Å². The predicted molar refractivity (Wildman–Crippen MR) is 101 cm³/mol. The summed E-state index contributed by atoms with van der Waals surface area (Å²) in [7, 11) is 1.55. The third-order valence-corrected chi connectivity index (χ3v) is 4.88. The summed E-state index contributed by atoms with van der Waals surface area (Å²) in [5.41, 5.74) is 0.976.